The standard InChI is InChI=1S/C21H22FN3O2S/c1-4-18(19(26)23-15-11-9-14(22)10-12-15)28-21-24-17-8-6-5-7-16(17)20(27)25(21)13(2)3/h5-13,18H,4H2,1-3H3,(H,23,26). The van der Waals surface area contributed by atoms with Crippen LogP contribution in [0.25, 0.3) is 10.9 Å². The van der Waals surface area contributed by atoms with Gasteiger partial charge in [0.1, 0.15) is 5.82 Å². The maximum Gasteiger partial charge on any atom is 0.262 e. The normalized spacial score (nSPS) is 12.3. The molecule has 0 fully saturated rings. The lowest BCUT2D eigenvalue weighted by Crippen LogP contribution is -2.29. The molecule has 1 N–H and O–H groups in total. The molecule has 0 bridgehead atoms. The number of aromatic nitrogens is 2. The van der Waals surface area contributed by atoms with Gasteiger partial charge in [-0.2, -0.15) is 0 Å². The highest BCUT2D eigenvalue weighted by molar-refractivity contribution is 8.00. The number of carbonyl (C=O) groups excluding carboxylic acids is 1. The van der Waals surface area contributed by atoms with Gasteiger partial charge in [0, 0.05) is 11.7 Å². The molecule has 3 aromatic rings. The number of fused-ring (bicyclic) bond motifs is 1. The van der Waals surface area contributed by atoms with Crippen LogP contribution in [0.4, 0.5) is 10.1 Å². The molecule has 7 heteroatoms. The SMILES string of the molecule is CCC(Sc1nc2ccccc2c(=O)n1C(C)C)C(=O)Nc1ccc(F)cc1. The summed E-state index contributed by atoms with van der Waals surface area (Å²) in [4.78, 5) is 30.3. The summed E-state index contributed by atoms with van der Waals surface area (Å²) in [6.45, 7) is 5.74. The number of nitrogens with one attached hydrogen (secondary N) is 1. The van der Waals surface area contributed by atoms with Crippen molar-refractivity contribution in [3.05, 3.63) is 64.7 Å². The van der Waals surface area contributed by atoms with Gasteiger partial charge in [0.15, 0.2) is 5.16 Å². The predicted molar refractivity (Wildman–Crippen MR) is 111 cm³/mol. The Hall–Kier alpha value is -2.67. The molecule has 1 unspecified atom stereocenters. The molecule has 28 heavy (non-hydrogen) atoms. The average molecular weight is 399 g/mol. The molecular formula is C21H22FN3O2S. The van der Waals surface area contributed by atoms with E-state index in [2.05, 4.69) is 10.3 Å². The van der Waals surface area contributed by atoms with E-state index in [1.165, 1.54) is 36.0 Å². The van der Waals surface area contributed by atoms with Crippen molar-refractivity contribution in [1.29, 1.82) is 0 Å². The molecule has 0 saturated carbocycles. The molecule has 0 spiro atoms. The summed E-state index contributed by atoms with van der Waals surface area (Å²) < 4.78 is 14.7. The summed E-state index contributed by atoms with van der Waals surface area (Å²) in [7, 11) is 0. The third-order valence-corrected chi connectivity index (χ3v) is 5.65. The number of carbonyl (C=O) groups is 1. The minimum absolute atomic E-state index is 0.0928. The Bertz CT molecular complexity index is 1050. The molecule has 0 saturated heterocycles. The summed E-state index contributed by atoms with van der Waals surface area (Å²) in [5, 5.41) is 3.43. The highest BCUT2D eigenvalue weighted by atomic mass is 32.2. The molecule has 1 heterocycles. The third kappa shape index (κ3) is 4.25. The van der Waals surface area contributed by atoms with Crippen molar-refractivity contribution < 1.29 is 9.18 Å². The maximum atomic E-state index is 13.1. The first kappa shape index (κ1) is 20.1. The van der Waals surface area contributed by atoms with Gasteiger partial charge in [0.05, 0.1) is 16.2 Å². The quantitative estimate of drug-likeness (QED) is 0.485. The van der Waals surface area contributed by atoms with Crippen molar-refractivity contribution in [2.24, 2.45) is 0 Å². The summed E-state index contributed by atoms with van der Waals surface area (Å²) in [5.74, 6) is -0.572. The van der Waals surface area contributed by atoms with E-state index in [9.17, 15) is 14.0 Å². The second-order valence-electron chi connectivity index (χ2n) is 6.69. The Kier molecular flexibility index (Phi) is 6.14. The topological polar surface area (TPSA) is 64.0 Å². The monoisotopic (exact) mass is 399 g/mol. The van der Waals surface area contributed by atoms with Crippen molar-refractivity contribution in [3.8, 4) is 0 Å². The lowest BCUT2D eigenvalue weighted by Gasteiger charge is -2.20. The Balaban J connectivity index is 1.92. The Morgan fingerprint density at radius 1 is 1.18 bits per heavy atom. The van der Waals surface area contributed by atoms with Crippen LogP contribution in [0.15, 0.2) is 58.5 Å². The Labute approximate surface area is 167 Å². The second-order valence-corrected chi connectivity index (χ2v) is 7.86. The number of amides is 1. The van der Waals surface area contributed by atoms with Crippen LogP contribution < -0.4 is 10.9 Å². The van der Waals surface area contributed by atoms with E-state index < -0.39 is 5.25 Å². The van der Waals surface area contributed by atoms with Crippen LogP contribution in [0.5, 0.6) is 0 Å². The molecule has 3 rings (SSSR count). The molecule has 1 aromatic heterocycles. The zero-order valence-corrected chi connectivity index (χ0v) is 16.8. The van der Waals surface area contributed by atoms with Gasteiger partial charge in [-0.25, -0.2) is 9.37 Å². The Morgan fingerprint density at radius 2 is 1.86 bits per heavy atom. The summed E-state index contributed by atoms with van der Waals surface area (Å²) in [6, 6.07) is 12.7. The van der Waals surface area contributed by atoms with Gasteiger partial charge in [-0.15, -0.1) is 0 Å². The van der Waals surface area contributed by atoms with Crippen LogP contribution in [0.3, 0.4) is 0 Å². The van der Waals surface area contributed by atoms with Gasteiger partial charge in [-0.1, -0.05) is 30.8 Å². The number of nitrogens with zero attached hydrogens (tertiary/aromatic N) is 2. The van der Waals surface area contributed by atoms with Crippen molar-refractivity contribution in [2.45, 2.75) is 43.6 Å². The van der Waals surface area contributed by atoms with Crippen LogP contribution in [-0.2, 0) is 4.79 Å². The first-order valence-electron chi connectivity index (χ1n) is 9.15. The number of hydrogen-bond donors (Lipinski definition) is 1. The number of benzene rings is 2. The van der Waals surface area contributed by atoms with Crippen molar-refractivity contribution >= 4 is 34.3 Å². The van der Waals surface area contributed by atoms with E-state index in [4.69, 9.17) is 0 Å². The van der Waals surface area contributed by atoms with Crippen LogP contribution in [0.2, 0.25) is 0 Å². The minimum atomic E-state index is -0.442. The number of thioether (sulfide) groups is 1. The fraction of sp³-hybridized carbons (Fsp3) is 0.286. The van der Waals surface area contributed by atoms with Crippen LogP contribution in [0.1, 0.15) is 33.2 Å². The maximum absolute atomic E-state index is 13.1. The van der Waals surface area contributed by atoms with Crippen molar-refractivity contribution in [2.75, 3.05) is 5.32 Å². The molecule has 0 aliphatic rings. The van der Waals surface area contributed by atoms with Gasteiger partial charge < -0.3 is 5.32 Å². The first-order valence-corrected chi connectivity index (χ1v) is 10.0. The fourth-order valence-electron chi connectivity index (χ4n) is 2.87. The molecule has 0 aliphatic heterocycles. The van der Waals surface area contributed by atoms with Gasteiger partial charge in [-0.3, -0.25) is 14.2 Å². The zero-order valence-electron chi connectivity index (χ0n) is 16.0. The van der Waals surface area contributed by atoms with E-state index in [1.807, 2.05) is 32.9 Å². The lowest BCUT2D eigenvalue weighted by atomic mass is 10.2. The van der Waals surface area contributed by atoms with Gasteiger partial charge in [0.25, 0.3) is 5.56 Å². The van der Waals surface area contributed by atoms with Crippen molar-refractivity contribution in [1.82, 2.24) is 9.55 Å². The number of halogens is 1. The summed E-state index contributed by atoms with van der Waals surface area (Å²) in [6.07, 6.45) is 0.554. The molecule has 5 nitrogen and oxygen atoms in total. The molecule has 146 valence electrons. The first-order chi connectivity index (χ1) is 13.4. The van der Waals surface area contributed by atoms with Crippen LogP contribution in [-0.4, -0.2) is 20.7 Å². The van der Waals surface area contributed by atoms with E-state index in [-0.39, 0.29) is 23.3 Å². The minimum Gasteiger partial charge on any atom is -0.325 e. The lowest BCUT2D eigenvalue weighted by molar-refractivity contribution is -0.115. The molecule has 0 aliphatic carbocycles. The number of hydrogen-bond acceptors (Lipinski definition) is 4. The highest BCUT2D eigenvalue weighted by Crippen LogP contribution is 2.27. The Morgan fingerprint density at radius 3 is 2.50 bits per heavy atom. The van der Waals surface area contributed by atoms with Crippen molar-refractivity contribution in [3.63, 3.8) is 0 Å². The number of para-hydroxylation sites is 1. The van der Waals surface area contributed by atoms with Gasteiger partial charge >= 0.3 is 0 Å². The highest BCUT2D eigenvalue weighted by Gasteiger charge is 2.23. The summed E-state index contributed by atoms with van der Waals surface area (Å²) in [5.41, 5.74) is 1.02. The fourth-order valence-corrected chi connectivity index (χ4v) is 4.01. The molecule has 1 amide bonds. The second kappa shape index (κ2) is 8.56. The molecule has 1 atom stereocenters. The van der Waals surface area contributed by atoms with E-state index >= 15 is 0 Å². The zero-order chi connectivity index (χ0) is 20.3. The van der Waals surface area contributed by atoms with E-state index in [1.54, 1.807) is 16.7 Å². The largest absolute Gasteiger partial charge is 0.325 e. The van der Waals surface area contributed by atoms with E-state index in [0.29, 0.717) is 28.2 Å². The van der Waals surface area contributed by atoms with Gasteiger partial charge in [0.2, 0.25) is 5.91 Å². The molecular weight excluding hydrogens is 377 g/mol. The van der Waals surface area contributed by atoms with Crippen LogP contribution in [0, 0.1) is 5.82 Å². The summed E-state index contributed by atoms with van der Waals surface area (Å²) >= 11 is 1.27. The van der Waals surface area contributed by atoms with Crippen LogP contribution >= 0.6 is 11.8 Å². The predicted octanol–water partition coefficient (Wildman–Crippen LogP) is 4.63. The molecule has 2 aromatic carbocycles. The number of rotatable bonds is 6. The van der Waals surface area contributed by atoms with E-state index in [0.717, 1.165) is 0 Å². The average Bonchev–Trinajstić information content (AvgIpc) is 2.67. The third-order valence-electron chi connectivity index (χ3n) is 4.31. The smallest absolute Gasteiger partial charge is 0.262 e. The van der Waals surface area contributed by atoms with Gasteiger partial charge in [-0.05, 0) is 56.7 Å². The molecule has 0 radical (unpaired) electrons. The number of anilines is 1.